The predicted molar refractivity (Wildman–Crippen MR) is 41.0 cm³/mol. The first kappa shape index (κ1) is 7.73. The zero-order valence-electron chi connectivity index (χ0n) is 6.76. The van der Waals surface area contributed by atoms with E-state index in [1.54, 1.807) is 0 Å². The van der Waals surface area contributed by atoms with Gasteiger partial charge in [-0.1, -0.05) is 6.92 Å². The number of likely N-dealkylation sites (tertiary alicyclic amines) is 1. The van der Waals surface area contributed by atoms with Crippen molar-refractivity contribution in [3.05, 3.63) is 0 Å². The van der Waals surface area contributed by atoms with Crippen molar-refractivity contribution in [3.8, 4) is 0 Å². The van der Waals surface area contributed by atoms with Gasteiger partial charge in [0.2, 0.25) is 0 Å². The van der Waals surface area contributed by atoms with E-state index in [2.05, 4.69) is 11.8 Å². The number of nitrogens with zero attached hydrogens (tertiary/aromatic N) is 1. The third-order valence-electron chi connectivity index (χ3n) is 2.22. The quantitative estimate of drug-likeness (QED) is 0.544. The lowest BCUT2D eigenvalue weighted by molar-refractivity contribution is -0.126. The van der Waals surface area contributed by atoms with Crippen molar-refractivity contribution in [3.63, 3.8) is 0 Å². The van der Waals surface area contributed by atoms with E-state index < -0.39 is 0 Å². The van der Waals surface area contributed by atoms with Crippen LogP contribution in [-0.4, -0.2) is 30.3 Å². The molecule has 1 aliphatic rings. The summed E-state index contributed by atoms with van der Waals surface area (Å²) in [5.41, 5.74) is 0. The summed E-state index contributed by atoms with van der Waals surface area (Å²) in [6, 6.07) is 0.216. The van der Waals surface area contributed by atoms with E-state index in [1.165, 1.54) is 0 Å². The van der Waals surface area contributed by atoms with Crippen LogP contribution in [0.15, 0.2) is 0 Å². The number of carbonyl (C=O) groups is 1. The minimum absolute atomic E-state index is 0.216. The number of piperidine rings is 1. The van der Waals surface area contributed by atoms with E-state index in [9.17, 15) is 4.79 Å². The molecule has 1 aliphatic heterocycles. The van der Waals surface area contributed by atoms with Gasteiger partial charge in [0.25, 0.3) is 0 Å². The molecule has 2 nitrogen and oxygen atoms in total. The van der Waals surface area contributed by atoms with Crippen molar-refractivity contribution in [2.45, 2.75) is 32.2 Å². The molecule has 0 amide bonds. The van der Waals surface area contributed by atoms with Gasteiger partial charge in [-0.15, -0.1) is 0 Å². The second-order valence-corrected chi connectivity index (χ2v) is 2.97. The first-order chi connectivity index (χ1) is 4.75. The lowest BCUT2D eigenvalue weighted by atomic mass is 9.99. The van der Waals surface area contributed by atoms with E-state index in [1.807, 2.05) is 7.05 Å². The summed E-state index contributed by atoms with van der Waals surface area (Å²) in [5.74, 6) is 0.427. The van der Waals surface area contributed by atoms with E-state index >= 15 is 0 Å². The fourth-order valence-corrected chi connectivity index (χ4v) is 1.61. The summed E-state index contributed by atoms with van der Waals surface area (Å²) in [6.07, 6.45) is 2.81. The summed E-state index contributed by atoms with van der Waals surface area (Å²) in [4.78, 5) is 13.4. The second-order valence-electron chi connectivity index (χ2n) is 2.97. The number of carbonyl (C=O) groups excluding carboxylic acids is 1. The molecule has 0 aromatic rings. The van der Waals surface area contributed by atoms with Crippen molar-refractivity contribution in [1.29, 1.82) is 0 Å². The molecule has 1 unspecified atom stereocenters. The minimum Gasteiger partial charge on any atom is -0.298 e. The molecule has 0 saturated carbocycles. The van der Waals surface area contributed by atoms with Gasteiger partial charge in [0.05, 0.1) is 6.04 Å². The van der Waals surface area contributed by atoms with E-state index in [-0.39, 0.29) is 6.04 Å². The molecule has 10 heavy (non-hydrogen) atoms. The van der Waals surface area contributed by atoms with Crippen LogP contribution in [0.3, 0.4) is 0 Å². The molecule has 0 spiro atoms. The Morgan fingerprint density at radius 3 is 2.80 bits per heavy atom. The number of hydrogen-bond acceptors (Lipinski definition) is 2. The molecule has 1 atom stereocenters. The topological polar surface area (TPSA) is 20.3 Å². The van der Waals surface area contributed by atoms with Crippen molar-refractivity contribution in [2.24, 2.45) is 0 Å². The highest BCUT2D eigenvalue weighted by molar-refractivity contribution is 5.84. The maximum Gasteiger partial charge on any atom is 0.149 e. The molecule has 0 aromatic carbocycles. The lowest BCUT2D eigenvalue weighted by Crippen LogP contribution is -2.42. The fourth-order valence-electron chi connectivity index (χ4n) is 1.61. The maximum atomic E-state index is 11.2. The molecule has 0 bridgehead atoms. The van der Waals surface area contributed by atoms with Gasteiger partial charge in [-0.05, 0) is 26.4 Å². The molecule has 1 rings (SSSR count). The average Bonchev–Trinajstić information content (AvgIpc) is 1.88. The zero-order chi connectivity index (χ0) is 7.56. The van der Waals surface area contributed by atoms with Crippen LogP contribution in [0.25, 0.3) is 0 Å². The molecule has 58 valence electrons. The Morgan fingerprint density at radius 2 is 2.40 bits per heavy atom. The molecule has 0 N–H and O–H groups in total. The first-order valence-electron chi connectivity index (χ1n) is 3.98. The predicted octanol–water partition coefficient (Wildman–Crippen LogP) is 1.06. The van der Waals surface area contributed by atoms with Gasteiger partial charge in [0.15, 0.2) is 0 Å². The van der Waals surface area contributed by atoms with E-state index in [0.29, 0.717) is 5.78 Å². The average molecular weight is 141 g/mol. The normalized spacial score (nSPS) is 29.0. The van der Waals surface area contributed by atoms with Gasteiger partial charge < -0.3 is 0 Å². The van der Waals surface area contributed by atoms with Crippen LogP contribution in [-0.2, 0) is 4.79 Å². The highest BCUT2D eigenvalue weighted by Gasteiger charge is 2.24. The molecule has 0 aliphatic carbocycles. The van der Waals surface area contributed by atoms with Crippen LogP contribution in [0.5, 0.6) is 0 Å². The lowest BCUT2D eigenvalue weighted by Gasteiger charge is -2.30. The summed E-state index contributed by atoms with van der Waals surface area (Å²) in [6.45, 7) is 3.16. The Kier molecular flexibility index (Phi) is 2.44. The van der Waals surface area contributed by atoms with Crippen molar-refractivity contribution < 1.29 is 4.79 Å². The molecular weight excluding hydrogens is 126 g/mol. The number of likely N-dealkylation sites (N-methyl/N-ethyl adjacent to an activating group) is 1. The van der Waals surface area contributed by atoms with Crippen LogP contribution in [0.2, 0.25) is 0 Å². The third-order valence-corrected chi connectivity index (χ3v) is 2.22. The Bertz CT molecular complexity index is 133. The van der Waals surface area contributed by atoms with Gasteiger partial charge in [-0.25, -0.2) is 0 Å². The molecule has 1 saturated heterocycles. The third kappa shape index (κ3) is 1.37. The summed E-state index contributed by atoms with van der Waals surface area (Å²) in [7, 11) is 2.03. The summed E-state index contributed by atoms with van der Waals surface area (Å²) in [5, 5.41) is 0. The Hall–Kier alpha value is -0.370. The summed E-state index contributed by atoms with van der Waals surface area (Å²) >= 11 is 0. The molecule has 0 aromatic heterocycles. The molecule has 1 heterocycles. The van der Waals surface area contributed by atoms with Crippen molar-refractivity contribution >= 4 is 5.78 Å². The SMILES string of the molecule is CCC1C(=O)CCCN1C. The van der Waals surface area contributed by atoms with Gasteiger partial charge in [0.1, 0.15) is 5.78 Å². The monoisotopic (exact) mass is 141 g/mol. The molecule has 1 fully saturated rings. The highest BCUT2D eigenvalue weighted by Crippen LogP contribution is 2.13. The standard InChI is InChI=1S/C8H15NO/c1-3-7-8(10)5-4-6-9(7)2/h7H,3-6H2,1-2H3. The van der Waals surface area contributed by atoms with E-state index in [0.717, 1.165) is 25.8 Å². The smallest absolute Gasteiger partial charge is 0.149 e. The molecule has 0 radical (unpaired) electrons. The Morgan fingerprint density at radius 1 is 1.70 bits per heavy atom. The zero-order valence-corrected chi connectivity index (χ0v) is 6.76. The molecule has 2 heteroatoms. The van der Waals surface area contributed by atoms with Crippen LogP contribution < -0.4 is 0 Å². The summed E-state index contributed by atoms with van der Waals surface area (Å²) < 4.78 is 0. The van der Waals surface area contributed by atoms with Crippen molar-refractivity contribution in [1.82, 2.24) is 4.90 Å². The van der Waals surface area contributed by atoms with E-state index in [4.69, 9.17) is 0 Å². The maximum absolute atomic E-state index is 11.2. The van der Waals surface area contributed by atoms with Gasteiger partial charge in [-0.2, -0.15) is 0 Å². The highest BCUT2D eigenvalue weighted by atomic mass is 16.1. The van der Waals surface area contributed by atoms with Gasteiger partial charge in [0, 0.05) is 6.42 Å². The van der Waals surface area contributed by atoms with Crippen LogP contribution in [0.1, 0.15) is 26.2 Å². The number of ketones is 1. The first-order valence-corrected chi connectivity index (χ1v) is 3.98. The van der Waals surface area contributed by atoms with Crippen LogP contribution in [0.4, 0.5) is 0 Å². The number of hydrogen-bond donors (Lipinski definition) is 0. The van der Waals surface area contributed by atoms with Gasteiger partial charge >= 0.3 is 0 Å². The van der Waals surface area contributed by atoms with Gasteiger partial charge in [-0.3, -0.25) is 9.69 Å². The fraction of sp³-hybridized carbons (Fsp3) is 0.875. The molecular formula is C8H15NO. The number of rotatable bonds is 1. The van der Waals surface area contributed by atoms with Crippen LogP contribution in [0, 0.1) is 0 Å². The minimum atomic E-state index is 0.216. The number of Topliss-reactive ketones (excluding diaryl/α,β-unsaturated/α-hetero) is 1. The van der Waals surface area contributed by atoms with Crippen LogP contribution >= 0.6 is 0 Å². The van der Waals surface area contributed by atoms with Crippen molar-refractivity contribution in [2.75, 3.05) is 13.6 Å². The Labute approximate surface area is 62.2 Å². The Balaban J connectivity index is 2.53. The largest absolute Gasteiger partial charge is 0.298 e. The second kappa shape index (κ2) is 3.15.